The van der Waals surface area contributed by atoms with Crippen LogP contribution in [0.1, 0.15) is 11.1 Å². The van der Waals surface area contributed by atoms with Crippen LogP contribution in [-0.2, 0) is 12.8 Å². The van der Waals surface area contributed by atoms with Crippen LogP contribution >= 0.6 is 0 Å². The fourth-order valence-corrected chi connectivity index (χ4v) is 3.23. The van der Waals surface area contributed by atoms with Crippen molar-refractivity contribution in [1.82, 2.24) is 0 Å². The van der Waals surface area contributed by atoms with Crippen molar-refractivity contribution in [2.45, 2.75) is 12.8 Å². The third kappa shape index (κ3) is 2.85. The van der Waals surface area contributed by atoms with Crippen molar-refractivity contribution in [1.29, 1.82) is 0 Å². The molecule has 2 radical (unpaired) electrons. The van der Waals surface area contributed by atoms with Crippen LogP contribution in [0.15, 0.2) is 84.9 Å². The summed E-state index contributed by atoms with van der Waals surface area (Å²) in [6, 6.07) is 30.2. The Bertz CT molecular complexity index is 860. The first kappa shape index (κ1) is 14.0. The predicted molar refractivity (Wildman–Crippen MR) is 98.5 cm³/mol. The molecule has 0 fully saturated rings. The van der Waals surface area contributed by atoms with Gasteiger partial charge in [-0.05, 0) is 51.9 Å². The van der Waals surface area contributed by atoms with Gasteiger partial charge in [0, 0.05) is 0 Å². The van der Waals surface area contributed by atoms with Crippen LogP contribution in [0, 0.1) is 6.42 Å². The molecule has 0 amide bonds. The van der Waals surface area contributed by atoms with Gasteiger partial charge in [-0.25, -0.2) is 0 Å². The second-order valence-corrected chi connectivity index (χ2v) is 5.88. The Morgan fingerprint density at radius 1 is 0.478 bits per heavy atom. The molecular formula is C23H18. The van der Waals surface area contributed by atoms with Crippen molar-refractivity contribution in [2.24, 2.45) is 0 Å². The van der Waals surface area contributed by atoms with Crippen LogP contribution in [0.2, 0.25) is 0 Å². The summed E-state index contributed by atoms with van der Waals surface area (Å²) in [5.41, 5.74) is 2.70. The molecule has 0 unspecified atom stereocenters. The second-order valence-electron chi connectivity index (χ2n) is 5.88. The Kier molecular flexibility index (Phi) is 3.81. The lowest BCUT2D eigenvalue weighted by Crippen LogP contribution is -1.93. The molecule has 0 aliphatic rings. The van der Waals surface area contributed by atoms with Crippen LogP contribution in [0.3, 0.4) is 0 Å². The van der Waals surface area contributed by atoms with Crippen molar-refractivity contribution in [3.8, 4) is 0 Å². The van der Waals surface area contributed by atoms with Gasteiger partial charge in [0.1, 0.15) is 0 Å². The lowest BCUT2D eigenvalue weighted by molar-refractivity contribution is 1.04. The summed E-state index contributed by atoms with van der Waals surface area (Å²) in [5.74, 6) is 0. The van der Waals surface area contributed by atoms with E-state index in [1.54, 1.807) is 0 Å². The van der Waals surface area contributed by atoms with Crippen molar-refractivity contribution < 1.29 is 0 Å². The molecular weight excluding hydrogens is 276 g/mol. The van der Waals surface area contributed by atoms with Crippen LogP contribution in [0.4, 0.5) is 0 Å². The molecule has 0 atom stereocenters. The molecule has 23 heavy (non-hydrogen) atoms. The zero-order valence-corrected chi connectivity index (χ0v) is 13.0. The summed E-state index contributed by atoms with van der Waals surface area (Å²) in [6.45, 7) is 0. The molecule has 0 spiro atoms. The second kappa shape index (κ2) is 6.26. The van der Waals surface area contributed by atoms with Crippen LogP contribution < -0.4 is 0 Å². The fraction of sp³-hybridized carbons (Fsp3) is 0.0870. The molecule has 4 rings (SSSR count). The molecule has 0 saturated carbocycles. The van der Waals surface area contributed by atoms with Crippen LogP contribution in [0.25, 0.3) is 21.5 Å². The van der Waals surface area contributed by atoms with E-state index < -0.39 is 0 Å². The van der Waals surface area contributed by atoms with E-state index in [1.807, 2.05) is 0 Å². The highest BCUT2D eigenvalue weighted by molar-refractivity contribution is 5.86. The van der Waals surface area contributed by atoms with Crippen molar-refractivity contribution in [2.75, 3.05) is 0 Å². The SMILES string of the molecule is [C](Cc1cccc2ccccc12)Cc1cccc2ccccc12. The first-order valence-electron chi connectivity index (χ1n) is 8.06. The predicted octanol–water partition coefficient (Wildman–Crippen LogP) is 5.86. The Morgan fingerprint density at radius 2 is 0.913 bits per heavy atom. The quantitative estimate of drug-likeness (QED) is 0.442. The Labute approximate surface area is 137 Å². The molecule has 0 nitrogen and oxygen atoms in total. The van der Waals surface area contributed by atoms with Gasteiger partial charge in [0.05, 0.1) is 0 Å². The van der Waals surface area contributed by atoms with Gasteiger partial charge in [0.15, 0.2) is 0 Å². The summed E-state index contributed by atoms with van der Waals surface area (Å²) < 4.78 is 0. The van der Waals surface area contributed by atoms with E-state index in [9.17, 15) is 0 Å². The number of rotatable bonds is 4. The zero-order valence-electron chi connectivity index (χ0n) is 13.0. The van der Waals surface area contributed by atoms with Crippen molar-refractivity contribution in [3.05, 3.63) is 102 Å². The molecule has 0 saturated heterocycles. The summed E-state index contributed by atoms with van der Waals surface area (Å²) in [4.78, 5) is 0. The Hall–Kier alpha value is -2.60. The van der Waals surface area contributed by atoms with Crippen molar-refractivity contribution in [3.63, 3.8) is 0 Å². The minimum absolute atomic E-state index is 0.880. The van der Waals surface area contributed by atoms with Crippen LogP contribution in [-0.4, -0.2) is 0 Å². The van der Waals surface area contributed by atoms with E-state index in [-0.39, 0.29) is 0 Å². The molecule has 0 aliphatic carbocycles. The van der Waals surface area contributed by atoms with Gasteiger partial charge < -0.3 is 0 Å². The van der Waals surface area contributed by atoms with Crippen molar-refractivity contribution >= 4 is 21.5 Å². The third-order valence-corrected chi connectivity index (χ3v) is 4.39. The molecule has 0 aromatic heterocycles. The van der Waals surface area contributed by atoms with E-state index in [4.69, 9.17) is 0 Å². The lowest BCUT2D eigenvalue weighted by Gasteiger charge is -2.08. The maximum Gasteiger partial charge on any atom is -0.00791 e. The van der Waals surface area contributed by atoms with Gasteiger partial charge in [-0.3, -0.25) is 0 Å². The first-order chi connectivity index (χ1) is 11.4. The third-order valence-electron chi connectivity index (χ3n) is 4.39. The van der Waals surface area contributed by atoms with E-state index in [0.717, 1.165) is 12.8 Å². The first-order valence-corrected chi connectivity index (χ1v) is 8.06. The van der Waals surface area contributed by atoms with Gasteiger partial charge in [-0.2, -0.15) is 0 Å². The minimum atomic E-state index is 0.880. The summed E-state index contributed by atoms with van der Waals surface area (Å²) in [6.07, 6.45) is 5.36. The van der Waals surface area contributed by atoms with Gasteiger partial charge >= 0.3 is 0 Å². The fourth-order valence-electron chi connectivity index (χ4n) is 3.23. The molecule has 4 aromatic rings. The Morgan fingerprint density at radius 3 is 1.43 bits per heavy atom. The number of hydrogen-bond donors (Lipinski definition) is 0. The average Bonchev–Trinajstić information content (AvgIpc) is 2.62. The summed E-state index contributed by atoms with van der Waals surface area (Å²) in [7, 11) is 0. The molecule has 0 heterocycles. The highest BCUT2D eigenvalue weighted by Gasteiger charge is 2.03. The maximum absolute atomic E-state index is 3.60. The molecule has 0 heteroatoms. The van der Waals surface area contributed by atoms with E-state index >= 15 is 0 Å². The molecule has 0 bridgehead atoms. The molecule has 0 N–H and O–H groups in total. The van der Waals surface area contributed by atoms with Gasteiger partial charge in [-0.1, -0.05) is 84.9 Å². The smallest absolute Gasteiger partial charge is 0.00791 e. The summed E-state index contributed by atoms with van der Waals surface area (Å²) in [5, 5.41) is 5.27. The molecule has 110 valence electrons. The zero-order chi connectivity index (χ0) is 15.5. The monoisotopic (exact) mass is 294 g/mol. The van der Waals surface area contributed by atoms with Crippen LogP contribution in [0.5, 0.6) is 0 Å². The highest BCUT2D eigenvalue weighted by atomic mass is 14.1. The topological polar surface area (TPSA) is 0 Å². The highest BCUT2D eigenvalue weighted by Crippen LogP contribution is 2.22. The largest absolute Gasteiger partial charge is 0.0616 e. The van der Waals surface area contributed by atoms with Gasteiger partial charge in [0.2, 0.25) is 0 Å². The van der Waals surface area contributed by atoms with E-state index in [1.165, 1.54) is 32.7 Å². The Balaban J connectivity index is 1.55. The standard InChI is InChI=1S/C23H18/c1-3-16-22-18(8-1)10-5-12-20(22)14-7-15-21-13-6-11-19-9-2-4-17-23(19)21/h1-6,8-13,16-17H,14-15H2. The average molecular weight is 294 g/mol. The molecule has 4 aromatic carbocycles. The maximum atomic E-state index is 3.60. The number of benzene rings is 4. The number of hydrogen-bond acceptors (Lipinski definition) is 0. The van der Waals surface area contributed by atoms with Gasteiger partial charge in [0.25, 0.3) is 0 Å². The summed E-state index contributed by atoms with van der Waals surface area (Å²) >= 11 is 0. The van der Waals surface area contributed by atoms with E-state index in [2.05, 4.69) is 91.3 Å². The normalized spacial score (nSPS) is 11.1. The number of fused-ring (bicyclic) bond motifs is 2. The minimum Gasteiger partial charge on any atom is -0.0616 e. The van der Waals surface area contributed by atoms with E-state index in [0.29, 0.717) is 0 Å². The molecule has 0 aliphatic heterocycles. The lowest BCUT2D eigenvalue weighted by atomic mass is 9.96. The van der Waals surface area contributed by atoms with Gasteiger partial charge in [-0.15, -0.1) is 0 Å².